The Balaban J connectivity index is 1.28. The average Bonchev–Trinajstić information content (AvgIpc) is 3.04. The van der Waals surface area contributed by atoms with E-state index < -0.39 is 0 Å². The third kappa shape index (κ3) is 4.28. The summed E-state index contributed by atoms with van der Waals surface area (Å²) >= 11 is 0. The van der Waals surface area contributed by atoms with Crippen molar-refractivity contribution in [2.24, 2.45) is 5.41 Å². The molecule has 0 bridgehead atoms. The molecule has 3 fully saturated rings. The number of aliphatic hydroxyl groups excluding tert-OH is 1. The molecule has 1 amide bonds. The van der Waals surface area contributed by atoms with Gasteiger partial charge in [-0.05, 0) is 68.3 Å². The second-order valence-corrected chi connectivity index (χ2v) is 8.53. The number of β-amino-alcohol motifs (C(OH)–C–C–N with tert-alkyl or cyclic N) is 1. The van der Waals surface area contributed by atoms with Crippen LogP contribution < -0.4 is 0 Å². The summed E-state index contributed by atoms with van der Waals surface area (Å²) in [6, 6.07) is 6.49. The Hall–Kier alpha value is -1.63. The predicted molar refractivity (Wildman–Crippen MR) is 102 cm³/mol. The van der Waals surface area contributed by atoms with Crippen LogP contribution >= 0.6 is 0 Å². The van der Waals surface area contributed by atoms with E-state index >= 15 is 0 Å². The second kappa shape index (κ2) is 7.78. The summed E-state index contributed by atoms with van der Waals surface area (Å²) in [7, 11) is 0. The number of aromatic hydroxyl groups is 1. The van der Waals surface area contributed by atoms with Crippen LogP contribution in [0, 0.1) is 5.41 Å². The molecular weight excluding hydrogens is 344 g/mol. The standard InChI is InChI=1S/C21H30N2O4/c24-17-5-3-16(4-6-17)20(26)23-10-7-21(8-11-23)12-19(27-15-21)14-22-9-1-2-18(25)13-22/h3-6,18-19,24-25H,1-2,7-15H2. The van der Waals surface area contributed by atoms with E-state index in [9.17, 15) is 15.0 Å². The molecule has 0 saturated carbocycles. The molecule has 0 aromatic heterocycles. The van der Waals surface area contributed by atoms with Gasteiger partial charge in [0.1, 0.15) is 5.75 Å². The normalized spacial score (nSPS) is 28.6. The number of carbonyl (C=O) groups is 1. The zero-order chi connectivity index (χ0) is 18.9. The van der Waals surface area contributed by atoms with Crippen molar-refractivity contribution in [2.75, 3.05) is 39.3 Å². The van der Waals surface area contributed by atoms with Gasteiger partial charge in [0.25, 0.3) is 5.91 Å². The lowest BCUT2D eigenvalue weighted by Gasteiger charge is -2.38. The van der Waals surface area contributed by atoms with Gasteiger partial charge in [-0.3, -0.25) is 9.69 Å². The van der Waals surface area contributed by atoms with Crippen LogP contribution in [0.2, 0.25) is 0 Å². The van der Waals surface area contributed by atoms with Crippen LogP contribution in [0.15, 0.2) is 24.3 Å². The summed E-state index contributed by atoms with van der Waals surface area (Å²) in [6.07, 6.45) is 5.05. The van der Waals surface area contributed by atoms with Crippen molar-refractivity contribution in [1.82, 2.24) is 9.80 Å². The van der Waals surface area contributed by atoms with Gasteiger partial charge in [0.05, 0.1) is 18.8 Å². The Morgan fingerprint density at radius 1 is 1.19 bits per heavy atom. The fourth-order valence-electron chi connectivity index (χ4n) is 4.82. The Bertz CT molecular complexity index is 655. The Labute approximate surface area is 160 Å². The van der Waals surface area contributed by atoms with E-state index in [2.05, 4.69) is 4.90 Å². The van der Waals surface area contributed by atoms with Crippen LogP contribution in [0.3, 0.4) is 0 Å². The van der Waals surface area contributed by atoms with E-state index in [1.807, 2.05) is 4.90 Å². The van der Waals surface area contributed by atoms with E-state index in [-0.39, 0.29) is 29.3 Å². The van der Waals surface area contributed by atoms with E-state index in [0.717, 1.165) is 71.4 Å². The van der Waals surface area contributed by atoms with Gasteiger partial charge in [-0.1, -0.05) is 0 Å². The number of nitrogens with zero attached hydrogens (tertiary/aromatic N) is 2. The lowest BCUT2D eigenvalue weighted by Crippen LogP contribution is -2.44. The number of hydrogen-bond donors (Lipinski definition) is 2. The molecule has 3 aliphatic rings. The zero-order valence-electron chi connectivity index (χ0n) is 15.8. The van der Waals surface area contributed by atoms with Crippen LogP contribution in [0.25, 0.3) is 0 Å². The first-order valence-electron chi connectivity index (χ1n) is 10.1. The van der Waals surface area contributed by atoms with Gasteiger partial charge in [0.15, 0.2) is 0 Å². The van der Waals surface area contributed by atoms with Crippen molar-refractivity contribution in [1.29, 1.82) is 0 Å². The molecule has 0 aliphatic carbocycles. The minimum atomic E-state index is -0.191. The largest absolute Gasteiger partial charge is 0.508 e. The highest BCUT2D eigenvalue weighted by Gasteiger charge is 2.43. The van der Waals surface area contributed by atoms with Gasteiger partial charge >= 0.3 is 0 Å². The molecule has 2 atom stereocenters. The number of phenolic OH excluding ortho intramolecular Hbond substituents is 1. The highest BCUT2D eigenvalue weighted by molar-refractivity contribution is 5.94. The summed E-state index contributed by atoms with van der Waals surface area (Å²) in [6.45, 7) is 5.04. The number of phenols is 1. The van der Waals surface area contributed by atoms with Crippen molar-refractivity contribution >= 4 is 5.91 Å². The molecule has 2 N–H and O–H groups in total. The summed E-state index contributed by atoms with van der Waals surface area (Å²) in [5, 5.41) is 19.2. The molecule has 3 aliphatic heterocycles. The minimum absolute atomic E-state index is 0.0441. The molecule has 6 heteroatoms. The number of carbonyl (C=O) groups excluding carboxylic acids is 1. The number of aliphatic hydroxyl groups is 1. The molecule has 1 spiro atoms. The number of amides is 1. The molecule has 148 valence electrons. The van der Waals surface area contributed by atoms with Crippen LogP contribution in [-0.2, 0) is 4.74 Å². The molecule has 3 saturated heterocycles. The number of benzene rings is 1. The minimum Gasteiger partial charge on any atom is -0.508 e. The topological polar surface area (TPSA) is 73.2 Å². The first-order chi connectivity index (χ1) is 13.0. The fraction of sp³-hybridized carbons (Fsp3) is 0.667. The van der Waals surface area contributed by atoms with Gasteiger partial charge in [-0.25, -0.2) is 0 Å². The van der Waals surface area contributed by atoms with Crippen LogP contribution in [0.5, 0.6) is 5.75 Å². The van der Waals surface area contributed by atoms with Gasteiger partial charge < -0.3 is 19.8 Å². The molecule has 0 radical (unpaired) electrons. The Morgan fingerprint density at radius 2 is 1.93 bits per heavy atom. The molecule has 27 heavy (non-hydrogen) atoms. The Morgan fingerprint density at radius 3 is 2.63 bits per heavy atom. The number of piperidine rings is 2. The van der Waals surface area contributed by atoms with E-state index in [1.165, 1.54) is 0 Å². The van der Waals surface area contributed by atoms with Crippen molar-refractivity contribution in [3.63, 3.8) is 0 Å². The van der Waals surface area contributed by atoms with Crippen molar-refractivity contribution in [3.8, 4) is 5.75 Å². The van der Waals surface area contributed by atoms with Crippen molar-refractivity contribution < 1.29 is 19.7 Å². The molecule has 6 nitrogen and oxygen atoms in total. The first-order valence-corrected chi connectivity index (χ1v) is 10.1. The maximum absolute atomic E-state index is 12.7. The lowest BCUT2D eigenvalue weighted by atomic mass is 9.76. The molecule has 2 unspecified atom stereocenters. The number of ether oxygens (including phenoxy) is 1. The Kier molecular flexibility index (Phi) is 5.39. The third-order valence-corrected chi connectivity index (χ3v) is 6.45. The van der Waals surface area contributed by atoms with Gasteiger partial charge in [0, 0.05) is 31.7 Å². The fourth-order valence-corrected chi connectivity index (χ4v) is 4.82. The molecule has 1 aromatic rings. The molecule has 4 rings (SSSR count). The maximum Gasteiger partial charge on any atom is 0.253 e. The second-order valence-electron chi connectivity index (χ2n) is 8.53. The van der Waals surface area contributed by atoms with E-state index in [0.29, 0.717) is 5.56 Å². The molecular formula is C21H30N2O4. The highest BCUT2D eigenvalue weighted by Crippen LogP contribution is 2.42. The monoisotopic (exact) mass is 374 g/mol. The SMILES string of the molecule is O=C(c1ccc(O)cc1)N1CCC2(CC1)COC(CN1CCCC(O)C1)C2. The van der Waals surface area contributed by atoms with E-state index in [4.69, 9.17) is 4.74 Å². The van der Waals surface area contributed by atoms with Crippen molar-refractivity contribution in [3.05, 3.63) is 29.8 Å². The van der Waals surface area contributed by atoms with Crippen LogP contribution in [0.4, 0.5) is 0 Å². The lowest BCUT2D eigenvalue weighted by molar-refractivity contribution is 0.0227. The average molecular weight is 374 g/mol. The summed E-state index contributed by atoms with van der Waals surface area (Å²) in [5.74, 6) is 0.224. The number of rotatable bonds is 3. The maximum atomic E-state index is 12.7. The smallest absolute Gasteiger partial charge is 0.253 e. The van der Waals surface area contributed by atoms with Crippen LogP contribution in [0.1, 0.15) is 42.5 Å². The first kappa shape index (κ1) is 18.7. The molecule has 1 aromatic carbocycles. The quantitative estimate of drug-likeness (QED) is 0.845. The third-order valence-electron chi connectivity index (χ3n) is 6.45. The van der Waals surface area contributed by atoms with Gasteiger partial charge in [0.2, 0.25) is 0 Å². The zero-order valence-corrected chi connectivity index (χ0v) is 15.8. The summed E-state index contributed by atoms with van der Waals surface area (Å²) < 4.78 is 6.12. The van der Waals surface area contributed by atoms with Crippen molar-refractivity contribution in [2.45, 2.75) is 44.3 Å². The highest BCUT2D eigenvalue weighted by atomic mass is 16.5. The summed E-state index contributed by atoms with van der Waals surface area (Å²) in [5.41, 5.74) is 0.832. The summed E-state index contributed by atoms with van der Waals surface area (Å²) in [4.78, 5) is 16.9. The van der Waals surface area contributed by atoms with Crippen LogP contribution in [-0.4, -0.2) is 77.5 Å². The number of likely N-dealkylation sites (tertiary alicyclic amines) is 2. The van der Waals surface area contributed by atoms with Gasteiger partial charge in [-0.2, -0.15) is 0 Å². The molecule has 3 heterocycles. The van der Waals surface area contributed by atoms with Gasteiger partial charge in [-0.15, -0.1) is 0 Å². The van der Waals surface area contributed by atoms with E-state index in [1.54, 1.807) is 24.3 Å². The predicted octanol–water partition coefficient (Wildman–Crippen LogP) is 1.86. The number of hydrogen-bond acceptors (Lipinski definition) is 5.